The zero-order valence-electron chi connectivity index (χ0n) is 13.5. The lowest BCUT2D eigenvalue weighted by molar-refractivity contribution is 0.510. The van der Waals surface area contributed by atoms with Gasteiger partial charge in [-0.2, -0.15) is 0 Å². The highest BCUT2D eigenvalue weighted by Crippen LogP contribution is 2.03. The number of rotatable bonds is 9. The molecule has 0 aromatic carbocycles. The number of nitrogens with zero attached hydrogens (tertiary/aromatic N) is 1. The van der Waals surface area contributed by atoms with Crippen molar-refractivity contribution in [2.45, 2.75) is 58.9 Å². The molecule has 1 heterocycles. The van der Waals surface area contributed by atoms with Crippen molar-refractivity contribution >= 4 is 29.9 Å². The summed E-state index contributed by atoms with van der Waals surface area (Å²) < 4.78 is 5.31. The van der Waals surface area contributed by atoms with Crippen LogP contribution in [0.1, 0.15) is 52.2 Å². The smallest absolute Gasteiger partial charge is 0.191 e. The first-order chi connectivity index (χ1) is 9.76. The van der Waals surface area contributed by atoms with E-state index in [9.17, 15) is 0 Å². The van der Waals surface area contributed by atoms with E-state index in [2.05, 4.69) is 36.4 Å². The minimum absolute atomic E-state index is 0. The van der Waals surface area contributed by atoms with E-state index in [1.807, 2.05) is 12.1 Å². The van der Waals surface area contributed by atoms with Crippen molar-refractivity contribution in [3.63, 3.8) is 0 Å². The second-order valence-corrected chi connectivity index (χ2v) is 5.13. The normalized spacial score (nSPS) is 12.6. The van der Waals surface area contributed by atoms with Gasteiger partial charge >= 0.3 is 0 Å². The highest BCUT2D eigenvalue weighted by atomic mass is 127. The van der Waals surface area contributed by atoms with Gasteiger partial charge in [-0.3, -0.25) is 4.99 Å². The number of guanidine groups is 1. The van der Waals surface area contributed by atoms with Gasteiger partial charge in [-0.25, -0.2) is 0 Å². The van der Waals surface area contributed by atoms with Gasteiger partial charge in [-0.1, -0.05) is 26.2 Å². The van der Waals surface area contributed by atoms with Gasteiger partial charge in [-0.05, 0) is 32.4 Å². The van der Waals surface area contributed by atoms with E-state index < -0.39 is 0 Å². The number of nitrogens with one attached hydrogen (secondary N) is 2. The van der Waals surface area contributed by atoms with Gasteiger partial charge < -0.3 is 15.1 Å². The van der Waals surface area contributed by atoms with E-state index in [0.29, 0.717) is 6.04 Å². The third-order valence-electron chi connectivity index (χ3n) is 3.18. The zero-order chi connectivity index (χ0) is 14.6. The number of aliphatic imine (C=N–C) groups is 1. The minimum Gasteiger partial charge on any atom is -0.469 e. The Bertz CT molecular complexity index is 366. The summed E-state index contributed by atoms with van der Waals surface area (Å²) in [6, 6.07) is 4.37. The van der Waals surface area contributed by atoms with Gasteiger partial charge in [0, 0.05) is 25.6 Å². The molecule has 0 amide bonds. The molecule has 0 saturated carbocycles. The number of halogens is 1. The van der Waals surface area contributed by atoms with E-state index in [1.165, 1.54) is 25.7 Å². The molecule has 0 aliphatic carbocycles. The van der Waals surface area contributed by atoms with Crippen LogP contribution in [0.2, 0.25) is 0 Å². The van der Waals surface area contributed by atoms with Crippen molar-refractivity contribution < 1.29 is 4.42 Å². The van der Waals surface area contributed by atoms with Crippen LogP contribution in [-0.4, -0.2) is 25.1 Å². The fourth-order valence-electron chi connectivity index (χ4n) is 2.06. The molecule has 122 valence electrons. The molecule has 1 atom stereocenters. The van der Waals surface area contributed by atoms with Crippen LogP contribution in [0.25, 0.3) is 0 Å². The average molecular weight is 407 g/mol. The van der Waals surface area contributed by atoms with E-state index in [-0.39, 0.29) is 24.0 Å². The SMILES string of the molecule is CCCCCC(C)NC(=NCCc1ccco1)NCC.I. The molecule has 1 aromatic rings. The van der Waals surface area contributed by atoms with E-state index in [4.69, 9.17) is 4.42 Å². The minimum atomic E-state index is 0. The van der Waals surface area contributed by atoms with Gasteiger partial charge in [0.25, 0.3) is 0 Å². The maximum absolute atomic E-state index is 5.31. The molecular formula is C16H30IN3O. The summed E-state index contributed by atoms with van der Waals surface area (Å²) in [7, 11) is 0. The largest absolute Gasteiger partial charge is 0.469 e. The predicted octanol–water partition coefficient (Wildman–Crippen LogP) is 3.96. The first-order valence-electron chi connectivity index (χ1n) is 7.83. The summed E-state index contributed by atoms with van der Waals surface area (Å²) >= 11 is 0. The molecule has 4 nitrogen and oxygen atoms in total. The van der Waals surface area contributed by atoms with E-state index >= 15 is 0 Å². The van der Waals surface area contributed by atoms with Crippen LogP contribution >= 0.6 is 24.0 Å². The molecular weight excluding hydrogens is 377 g/mol. The molecule has 1 rings (SSSR count). The van der Waals surface area contributed by atoms with Crippen LogP contribution < -0.4 is 10.6 Å². The summed E-state index contributed by atoms with van der Waals surface area (Å²) in [4.78, 5) is 4.59. The molecule has 1 aromatic heterocycles. The highest BCUT2D eigenvalue weighted by molar-refractivity contribution is 14.0. The molecule has 5 heteroatoms. The van der Waals surface area contributed by atoms with Crippen molar-refractivity contribution in [2.75, 3.05) is 13.1 Å². The fourth-order valence-corrected chi connectivity index (χ4v) is 2.06. The average Bonchev–Trinajstić information content (AvgIpc) is 2.92. The molecule has 0 radical (unpaired) electrons. The third kappa shape index (κ3) is 9.77. The molecule has 0 saturated heterocycles. The van der Waals surface area contributed by atoms with Crippen LogP contribution in [0.15, 0.2) is 27.8 Å². The standard InChI is InChI=1S/C16H29N3O.HI/c1-4-6-7-9-14(3)19-16(17-5-2)18-12-11-15-10-8-13-20-15;/h8,10,13-14H,4-7,9,11-12H2,1-3H3,(H2,17,18,19);1H. The van der Waals surface area contributed by atoms with Gasteiger partial charge in [0.15, 0.2) is 5.96 Å². The Morgan fingerprint density at radius 1 is 1.33 bits per heavy atom. The lowest BCUT2D eigenvalue weighted by Crippen LogP contribution is -2.42. The van der Waals surface area contributed by atoms with Crippen LogP contribution in [0.5, 0.6) is 0 Å². The second-order valence-electron chi connectivity index (χ2n) is 5.13. The molecule has 0 bridgehead atoms. The van der Waals surface area contributed by atoms with Crippen molar-refractivity contribution in [3.05, 3.63) is 24.2 Å². The zero-order valence-corrected chi connectivity index (χ0v) is 15.9. The molecule has 2 N–H and O–H groups in total. The molecule has 0 aliphatic rings. The summed E-state index contributed by atoms with van der Waals surface area (Å²) in [5.41, 5.74) is 0. The summed E-state index contributed by atoms with van der Waals surface area (Å²) in [5, 5.41) is 6.76. The van der Waals surface area contributed by atoms with Crippen molar-refractivity contribution in [3.8, 4) is 0 Å². The maximum atomic E-state index is 5.31. The molecule has 0 aliphatic heterocycles. The topological polar surface area (TPSA) is 49.6 Å². The third-order valence-corrected chi connectivity index (χ3v) is 3.18. The van der Waals surface area contributed by atoms with Crippen LogP contribution in [0.4, 0.5) is 0 Å². The number of unbranched alkanes of at least 4 members (excludes halogenated alkanes) is 2. The summed E-state index contributed by atoms with van der Waals surface area (Å²) in [6.07, 6.45) is 7.58. The van der Waals surface area contributed by atoms with Crippen molar-refractivity contribution in [2.24, 2.45) is 4.99 Å². The Kier molecular flexibility index (Phi) is 12.5. The molecule has 0 fully saturated rings. The number of furan rings is 1. The Morgan fingerprint density at radius 3 is 2.76 bits per heavy atom. The summed E-state index contributed by atoms with van der Waals surface area (Å²) in [5.74, 6) is 1.89. The van der Waals surface area contributed by atoms with Gasteiger partial charge in [-0.15, -0.1) is 24.0 Å². The lowest BCUT2D eigenvalue weighted by atomic mass is 10.1. The van der Waals surface area contributed by atoms with Gasteiger partial charge in [0.1, 0.15) is 5.76 Å². The quantitative estimate of drug-likeness (QED) is 0.282. The van der Waals surface area contributed by atoms with Gasteiger partial charge in [0.2, 0.25) is 0 Å². The van der Waals surface area contributed by atoms with Crippen LogP contribution in [0.3, 0.4) is 0 Å². The Balaban J connectivity index is 0.00000400. The van der Waals surface area contributed by atoms with Crippen LogP contribution in [0, 0.1) is 0 Å². The van der Waals surface area contributed by atoms with Crippen LogP contribution in [-0.2, 0) is 6.42 Å². The van der Waals surface area contributed by atoms with Gasteiger partial charge in [0.05, 0.1) is 6.26 Å². The Labute approximate surface area is 146 Å². The molecule has 21 heavy (non-hydrogen) atoms. The highest BCUT2D eigenvalue weighted by Gasteiger charge is 2.04. The number of hydrogen-bond donors (Lipinski definition) is 2. The predicted molar refractivity (Wildman–Crippen MR) is 101 cm³/mol. The Morgan fingerprint density at radius 2 is 2.14 bits per heavy atom. The van der Waals surface area contributed by atoms with Crippen molar-refractivity contribution in [1.29, 1.82) is 0 Å². The molecule has 1 unspecified atom stereocenters. The molecule has 0 spiro atoms. The lowest BCUT2D eigenvalue weighted by Gasteiger charge is -2.17. The van der Waals surface area contributed by atoms with E-state index in [1.54, 1.807) is 6.26 Å². The van der Waals surface area contributed by atoms with E-state index in [0.717, 1.165) is 31.2 Å². The second kappa shape index (κ2) is 13.0. The number of hydrogen-bond acceptors (Lipinski definition) is 2. The Hall–Kier alpha value is -0.720. The summed E-state index contributed by atoms with van der Waals surface area (Å²) in [6.45, 7) is 8.16. The fraction of sp³-hybridized carbons (Fsp3) is 0.688. The first-order valence-corrected chi connectivity index (χ1v) is 7.83. The monoisotopic (exact) mass is 407 g/mol. The first kappa shape index (κ1) is 20.3. The maximum Gasteiger partial charge on any atom is 0.191 e. The van der Waals surface area contributed by atoms with Crippen molar-refractivity contribution in [1.82, 2.24) is 10.6 Å².